The van der Waals surface area contributed by atoms with Gasteiger partial charge in [-0.3, -0.25) is 0 Å². The maximum absolute atomic E-state index is 2.49. The zero-order valence-electron chi connectivity index (χ0n) is 39.1. The molecule has 0 aliphatic rings. The lowest BCUT2D eigenvalue weighted by Crippen LogP contribution is -2.12. The Balaban J connectivity index is 0.960. The molecule has 2 nitrogen and oxygen atoms in total. The van der Waals surface area contributed by atoms with Gasteiger partial charge in [-0.2, -0.15) is 0 Å². The van der Waals surface area contributed by atoms with E-state index in [1.807, 2.05) is 22.7 Å². The molecule has 0 saturated carbocycles. The molecule has 0 aliphatic heterocycles. The number of nitrogens with zero attached hydrogens (tertiary/aromatic N) is 2. The second-order valence-electron chi connectivity index (χ2n) is 18.4. The van der Waals surface area contributed by atoms with Gasteiger partial charge in [0.25, 0.3) is 0 Å². The van der Waals surface area contributed by atoms with Crippen molar-refractivity contribution in [2.75, 3.05) is 9.80 Å². The van der Waals surface area contributed by atoms with Crippen LogP contribution < -0.4 is 9.80 Å². The molecule has 2 heterocycles. The van der Waals surface area contributed by atoms with Crippen LogP contribution in [0.2, 0.25) is 0 Å². The first kappa shape index (κ1) is 42.1. The van der Waals surface area contributed by atoms with E-state index in [0.717, 1.165) is 45.3 Å². The molecule has 0 bridgehead atoms. The van der Waals surface area contributed by atoms with Crippen molar-refractivity contribution in [3.63, 3.8) is 0 Å². The van der Waals surface area contributed by atoms with Crippen LogP contribution in [-0.2, 0) is 0 Å². The van der Waals surface area contributed by atoms with Crippen LogP contribution in [-0.4, -0.2) is 0 Å². The van der Waals surface area contributed by atoms with Crippen molar-refractivity contribution < 1.29 is 0 Å². The van der Waals surface area contributed by atoms with Gasteiger partial charge in [0.1, 0.15) is 0 Å². The Morgan fingerprint density at radius 1 is 0.250 bits per heavy atom. The number of anilines is 6. The Hall–Kier alpha value is -8.80. The molecule has 0 aliphatic carbocycles. The summed E-state index contributed by atoms with van der Waals surface area (Å²) in [6.07, 6.45) is 0. The number of rotatable bonds is 9. The molecule has 0 amide bonds. The molecule has 0 unspecified atom stereocenters. The molecule has 0 fully saturated rings. The molecule has 0 N–H and O–H groups in total. The van der Waals surface area contributed by atoms with E-state index in [0.29, 0.717) is 0 Å². The Morgan fingerprint density at radius 2 is 0.778 bits per heavy atom. The van der Waals surface area contributed by atoms with Crippen molar-refractivity contribution in [2.24, 2.45) is 0 Å². The summed E-state index contributed by atoms with van der Waals surface area (Å²) >= 11 is 3.74. The molecule has 338 valence electrons. The molecule has 14 rings (SSSR count). The fourth-order valence-electron chi connectivity index (χ4n) is 10.8. The summed E-state index contributed by atoms with van der Waals surface area (Å²) < 4.78 is 5.09. The minimum atomic E-state index is 1.09. The normalized spacial score (nSPS) is 11.6. The van der Waals surface area contributed by atoms with Crippen LogP contribution in [0.4, 0.5) is 34.1 Å². The van der Waals surface area contributed by atoms with Crippen LogP contribution in [0.15, 0.2) is 267 Å². The lowest BCUT2D eigenvalue weighted by molar-refractivity contribution is 1.29. The van der Waals surface area contributed by atoms with Crippen molar-refractivity contribution in [3.05, 3.63) is 267 Å². The van der Waals surface area contributed by atoms with Gasteiger partial charge in [0.05, 0.1) is 26.5 Å². The van der Waals surface area contributed by atoms with Gasteiger partial charge in [0.15, 0.2) is 0 Å². The first-order valence-corrected chi connectivity index (χ1v) is 26.1. The molecule has 4 heteroatoms. The van der Waals surface area contributed by atoms with Crippen molar-refractivity contribution in [1.29, 1.82) is 0 Å². The average molecular weight is 953 g/mol. The predicted molar refractivity (Wildman–Crippen MR) is 313 cm³/mol. The fraction of sp³-hybridized carbons (Fsp3) is 0. The lowest BCUT2D eigenvalue weighted by Gasteiger charge is -2.29. The second kappa shape index (κ2) is 17.6. The Kier molecular flexibility index (Phi) is 10.3. The SMILES string of the molecule is c1ccc(-c2cccc(N(c3cccc(-c4ccccc4N(c4ccc(-c5ccc6ccccc6c5)cc4)c4cccc5c4sc4ccc6ccccc6c45)c3)c3cccc4c3sc3ccccc34)c2)cc1. The molecule has 2 aromatic heterocycles. The zero-order chi connectivity index (χ0) is 47.5. The largest absolute Gasteiger partial charge is 0.309 e. The van der Waals surface area contributed by atoms with E-state index in [1.54, 1.807) is 0 Å². The molecule has 0 spiro atoms. The van der Waals surface area contributed by atoms with Crippen LogP contribution in [0, 0.1) is 0 Å². The standard InChI is InChI=1S/C68H44N2S2/c1-2-16-45(17-3-1)50-21-12-23-54(43-50)69(62-31-14-28-59-58-27-9-11-33-64(58)71-67(59)62)55-24-13-22-52(44-55)56-25-8-10-30-61(56)70(53-39-36-47(37-40-53)51-35-34-46-18-4-5-20-49(46)42-51)63-32-15-29-60-66-57-26-7-6-19-48(57)38-41-65(66)72-68(60)63/h1-44H. The Bertz CT molecular complexity index is 4360. The quantitative estimate of drug-likeness (QED) is 0.142. The van der Waals surface area contributed by atoms with E-state index in [9.17, 15) is 0 Å². The molecule has 12 aromatic carbocycles. The van der Waals surface area contributed by atoms with Crippen molar-refractivity contribution in [2.45, 2.75) is 0 Å². The smallest absolute Gasteiger partial charge is 0.0640 e. The number of hydrogen-bond donors (Lipinski definition) is 0. The maximum Gasteiger partial charge on any atom is 0.0640 e. The number of benzene rings is 12. The number of thiophene rings is 2. The lowest BCUT2D eigenvalue weighted by atomic mass is 9.98. The highest BCUT2D eigenvalue weighted by molar-refractivity contribution is 7.27. The Labute approximate surface area is 426 Å². The highest BCUT2D eigenvalue weighted by atomic mass is 32.1. The van der Waals surface area contributed by atoms with E-state index in [4.69, 9.17) is 0 Å². The molecule has 0 radical (unpaired) electrons. The topological polar surface area (TPSA) is 6.48 Å². The first-order valence-electron chi connectivity index (χ1n) is 24.5. The van der Waals surface area contributed by atoms with Gasteiger partial charge in [-0.15, -0.1) is 22.7 Å². The van der Waals surface area contributed by atoms with Gasteiger partial charge in [-0.25, -0.2) is 0 Å². The van der Waals surface area contributed by atoms with Crippen molar-refractivity contribution in [1.82, 2.24) is 0 Å². The summed E-state index contributed by atoms with van der Waals surface area (Å²) in [6, 6.07) is 98.0. The summed E-state index contributed by atoms with van der Waals surface area (Å²) in [5, 5.41) is 10.2. The number of fused-ring (bicyclic) bond motifs is 9. The highest BCUT2D eigenvalue weighted by Gasteiger charge is 2.24. The summed E-state index contributed by atoms with van der Waals surface area (Å²) in [4.78, 5) is 4.95. The van der Waals surface area contributed by atoms with Gasteiger partial charge in [-0.1, -0.05) is 194 Å². The van der Waals surface area contributed by atoms with Gasteiger partial charge < -0.3 is 9.80 Å². The number of hydrogen-bond acceptors (Lipinski definition) is 4. The van der Waals surface area contributed by atoms with E-state index < -0.39 is 0 Å². The third-order valence-electron chi connectivity index (χ3n) is 14.2. The van der Waals surface area contributed by atoms with Crippen molar-refractivity contribution in [3.8, 4) is 33.4 Å². The van der Waals surface area contributed by atoms with E-state index in [-0.39, 0.29) is 0 Å². The summed E-state index contributed by atoms with van der Waals surface area (Å²) in [7, 11) is 0. The molecule has 72 heavy (non-hydrogen) atoms. The fourth-order valence-corrected chi connectivity index (χ4v) is 13.3. The number of para-hydroxylation sites is 1. The predicted octanol–water partition coefficient (Wildman–Crippen LogP) is 20.7. The van der Waals surface area contributed by atoms with Gasteiger partial charge >= 0.3 is 0 Å². The molecule has 0 atom stereocenters. The van der Waals surface area contributed by atoms with Gasteiger partial charge in [-0.05, 0) is 122 Å². The van der Waals surface area contributed by atoms with Crippen LogP contribution in [0.1, 0.15) is 0 Å². The zero-order valence-corrected chi connectivity index (χ0v) is 40.7. The third kappa shape index (κ3) is 7.23. The van der Waals surface area contributed by atoms with E-state index >= 15 is 0 Å². The second-order valence-corrected chi connectivity index (χ2v) is 20.5. The molecular formula is C68H44N2S2. The van der Waals surface area contributed by atoms with E-state index in [2.05, 4.69) is 277 Å². The molecular weight excluding hydrogens is 909 g/mol. The summed E-state index contributed by atoms with van der Waals surface area (Å²) in [6.45, 7) is 0. The highest BCUT2D eigenvalue weighted by Crippen LogP contribution is 2.50. The monoisotopic (exact) mass is 952 g/mol. The van der Waals surface area contributed by atoms with Crippen LogP contribution in [0.3, 0.4) is 0 Å². The van der Waals surface area contributed by atoms with E-state index in [1.165, 1.54) is 84.1 Å². The Morgan fingerprint density at radius 3 is 1.61 bits per heavy atom. The average Bonchev–Trinajstić information content (AvgIpc) is 4.04. The van der Waals surface area contributed by atoms with Crippen LogP contribution in [0.5, 0.6) is 0 Å². The minimum absolute atomic E-state index is 1.09. The van der Waals surface area contributed by atoms with Crippen LogP contribution >= 0.6 is 22.7 Å². The first-order chi connectivity index (χ1) is 35.7. The van der Waals surface area contributed by atoms with Gasteiger partial charge in [0, 0.05) is 53.6 Å². The summed E-state index contributed by atoms with van der Waals surface area (Å²) in [5.74, 6) is 0. The van der Waals surface area contributed by atoms with Gasteiger partial charge in [0.2, 0.25) is 0 Å². The van der Waals surface area contributed by atoms with Crippen molar-refractivity contribution >= 4 is 119 Å². The third-order valence-corrected chi connectivity index (χ3v) is 16.6. The summed E-state index contributed by atoms with van der Waals surface area (Å²) in [5.41, 5.74) is 13.7. The minimum Gasteiger partial charge on any atom is -0.309 e. The maximum atomic E-state index is 2.49. The molecule has 0 saturated heterocycles. The molecule has 14 aromatic rings. The van der Waals surface area contributed by atoms with Crippen LogP contribution in [0.25, 0.3) is 95.3 Å².